The Morgan fingerprint density at radius 2 is 1.22 bits per heavy atom. The lowest BCUT2D eigenvalue weighted by atomic mass is 10.1. The molecule has 0 saturated carbocycles. The quantitative estimate of drug-likeness (QED) is 0.251. The van der Waals surface area contributed by atoms with Gasteiger partial charge in [-0.3, -0.25) is 5.32 Å². The molecule has 1 unspecified atom stereocenters. The topological polar surface area (TPSA) is 49.3 Å². The van der Waals surface area contributed by atoms with Gasteiger partial charge in [-0.15, -0.1) is 0 Å². The predicted octanol–water partition coefficient (Wildman–Crippen LogP) is 4.39. The summed E-state index contributed by atoms with van der Waals surface area (Å²) >= 11 is 0. The number of carbonyl (C=O) groups is 1. The molecule has 0 aliphatic carbocycles. The Bertz CT molecular complexity index is 288. The zero-order chi connectivity index (χ0) is 17.6. The highest BCUT2D eigenvalue weighted by Crippen LogP contribution is 2.11. The van der Waals surface area contributed by atoms with Crippen molar-refractivity contribution in [1.82, 2.24) is 5.32 Å². The Labute approximate surface area is 144 Å². The minimum Gasteiger partial charge on any atom is -0.476 e. The fraction of sp³-hybridized carbons (Fsp3) is 0.947. The second-order valence-corrected chi connectivity index (χ2v) is 7.70. The van der Waals surface area contributed by atoms with E-state index < -0.39 is 12.1 Å². The van der Waals surface area contributed by atoms with Gasteiger partial charge in [-0.2, -0.15) is 0 Å². The first kappa shape index (κ1) is 22.4. The molecule has 0 spiro atoms. The van der Waals surface area contributed by atoms with Gasteiger partial charge in [-0.05, 0) is 6.42 Å². The minimum atomic E-state index is -0.767. The first-order valence-corrected chi connectivity index (χ1v) is 9.67. The zero-order valence-electron chi connectivity index (χ0n) is 16.1. The van der Waals surface area contributed by atoms with Crippen molar-refractivity contribution >= 4 is 5.97 Å². The lowest BCUT2D eigenvalue weighted by Gasteiger charge is -2.31. The molecule has 0 aromatic heterocycles. The number of nitrogens with zero attached hydrogens (tertiary/aromatic N) is 1. The molecular formula is C19H41N2O2+. The second-order valence-electron chi connectivity index (χ2n) is 7.70. The summed E-state index contributed by atoms with van der Waals surface area (Å²) in [5, 5.41) is 12.4. The zero-order valence-corrected chi connectivity index (χ0v) is 16.1. The van der Waals surface area contributed by atoms with Crippen molar-refractivity contribution in [3.05, 3.63) is 0 Å². The number of nitrogens with one attached hydrogen (secondary N) is 1. The van der Waals surface area contributed by atoms with Gasteiger partial charge in [0, 0.05) is 6.54 Å². The van der Waals surface area contributed by atoms with Crippen LogP contribution in [0.25, 0.3) is 0 Å². The lowest BCUT2D eigenvalue weighted by Crippen LogP contribution is -2.58. The van der Waals surface area contributed by atoms with Crippen LogP contribution in [0.2, 0.25) is 0 Å². The van der Waals surface area contributed by atoms with Gasteiger partial charge in [0.25, 0.3) is 0 Å². The number of quaternary nitrogens is 1. The normalized spacial score (nSPS) is 13.2. The van der Waals surface area contributed by atoms with Crippen molar-refractivity contribution in [2.75, 3.05) is 27.7 Å². The summed E-state index contributed by atoms with van der Waals surface area (Å²) in [5.74, 6) is -0.767. The highest BCUT2D eigenvalue weighted by atomic mass is 16.4. The molecule has 0 bridgehead atoms. The second kappa shape index (κ2) is 13.8. The van der Waals surface area contributed by atoms with E-state index in [1.54, 1.807) is 0 Å². The van der Waals surface area contributed by atoms with Crippen LogP contribution in [0.5, 0.6) is 0 Å². The average Bonchev–Trinajstić information content (AvgIpc) is 2.46. The molecule has 0 fully saturated rings. The van der Waals surface area contributed by atoms with Crippen LogP contribution in [0.4, 0.5) is 0 Å². The Balaban J connectivity index is 3.38. The molecule has 0 heterocycles. The molecule has 23 heavy (non-hydrogen) atoms. The van der Waals surface area contributed by atoms with Crippen molar-refractivity contribution in [3.63, 3.8) is 0 Å². The van der Waals surface area contributed by atoms with Gasteiger partial charge in [0.2, 0.25) is 6.17 Å². The Morgan fingerprint density at radius 3 is 1.57 bits per heavy atom. The summed E-state index contributed by atoms with van der Waals surface area (Å²) in [7, 11) is 5.73. The highest BCUT2D eigenvalue weighted by Gasteiger charge is 2.30. The van der Waals surface area contributed by atoms with Crippen LogP contribution < -0.4 is 5.32 Å². The molecule has 138 valence electrons. The van der Waals surface area contributed by atoms with E-state index in [0.717, 1.165) is 13.0 Å². The van der Waals surface area contributed by atoms with Crippen molar-refractivity contribution in [3.8, 4) is 0 Å². The van der Waals surface area contributed by atoms with Crippen LogP contribution >= 0.6 is 0 Å². The van der Waals surface area contributed by atoms with Crippen molar-refractivity contribution < 1.29 is 14.4 Å². The molecule has 0 rings (SSSR count). The van der Waals surface area contributed by atoms with E-state index in [1.807, 2.05) is 21.1 Å². The van der Waals surface area contributed by atoms with E-state index >= 15 is 0 Å². The number of hydrogen-bond acceptors (Lipinski definition) is 2. The van der Waals surface area contributed by atoms with E-state index in [4.69, 9.17) is 0 Å². The van der Waals surface area contributed by atoms with Gasteiger partial charge >= 0.3 is 5.97 Å². The third kappa shape index (κ3) is 13.5. The molecule has 0 aliphatic heterocycles. The standard InChI is InChI=1S/C19H40N2O2/c1-5-6-7-8-9-10-11-12-13-14-15-16-17-20-18(19(22)23)21(2,3)4/h18,20H,5-17H2,1-4H3/p+1. The highest BCUT2D eigenvalue weighted by molar-refractivity contribution is 5.71. The summed E-state index contributed by atoms with van der Waals surface area (Å²) in [6, 6.07) is 0. The first-order valence-electron chi connectivity index (χ1n) is 9.67. The van der Waals surface area contributed by atoms with Crippen LogP contribution in [-0.2, 0) is 4.79 Å². The maximum atomic E-state index is 11.2. The molecule has 4 nitrogen and oxygen atoms in total. The number of unbranched alkanes of at least 4 members (excludes halogenated alkanes) is 11. The van der Waals surface area contributed by atoms with Gasteiger partial charge in [0.15, 0.2) is 0 Å². The lowest BCUT2D eigenvalue weighted by molar-refractivity contribution is -0.890. The van der Waals surface area contributed by atoms with Gasteiger partial charge in [0.1, 0.15) is 0 Å². The van der Waals surface area contributed by atoms with Crippen LogP contribution in [-0.4, -0.2) is 49.4 Å². The Kier molecular flexibility index (Phi) is 13.4. The van der Waals surface area contributed by atoms with E-state index in [9.17, 15) is 9.90 Å². The Morgan fingerprint density at radius 1 is 0.826 bits per heavy atom. The third-order valence-corrected chi connectivity index (χ3v) is 4.38. The molecule has 0 saturated heterocycles. The molecule has 0 radical (unpaired) electrons. The van der Waals surface area contributed by atoms with Gasteiger partial charge in [-0.1, -0.05) is 77.6 Å². The van der Waals surface area contributed by atoms with Crippen LogP contribution in [0.3, 0.4) is 0 Å². The maximum absolute atomic E-state index is 11.2. The number of hydrogen-bond donors (Lipinski definition) is 2. The summed E-state index contributed by atoms with van der Waals surface area (Å²) in [6.45, 7) is 3.06. The minimum absolute atomic E-state index is 0.410. The van der Waals surface area contributed by atoms with E-state index in [-0.39, 0.29) is 0 Å². The molecule has 2 N–H and O–H groups in total. The maximum Gasteiger partial charge on any atom is 0.379 e. The van der Waals surface area contributed by atoms with Crippen LogP contribution in [0, 0.1) is 0 Å². The summed E-state index contributed by atoms with van der Waals surface area (Å²) in [5.41, 5.74) is 0. The number of carboxylic acids is 1. The first-order chi connectivity index (χ1) is 10.9. The Hall–Kier alpha value is -0.610. The third-order valence-electron chi connectivity index (χ3n) is 4.38. The number of likely N-dealkylation sites (N-methyl/N-ethyl adjacent to an activating group) is 1. The molecule has 0 aliphatic rings. The molecular weight excluding hydrogens is 288 g/mol. The van der Waals surface area contributed by atoms with E-state index in [0.29, 0.717) is 4.48 Å². The molecule has 1 atom stereocenters. The SMILES string of the molecule is CCCCCCCCCCCCCCNC(C(=O)O)[N+](C)(C)C. The van der Waals surface area contributed by atoms with Crippen LogP contribution in [0.15, 0.2) is 0 Å². The van der Waals surface area contributed by atoms with E-state index in [1.165, 1.54) is 70.6 Å². The van der Waals surface area contributed by atoms with Gasteiger partial charge < -0.3 is 9.59 Å². The van der Waals surface area contributed by atoms with Crippen molar-refractivity contribution in [2.45, 2.75) is 90.1 Å². The van der Waals surface area contributed by atoms with Crippen molar-refractivity contribution in [1.29, 1.82) is 0 Å². The molecule has 0 amide bonds. The molecule has 0 aromatic rings. The van der Waals surface area contributed by atoms with Crippen molar-refractivity contribution in [2.24, 2.45) is 0 Å². The average molecular weight is 330 g/mol. The van der Waals surface area contributed by atoms with Gasteiger partial charge in [-0.25, -0.2) is 4.79 Å². The summed E-state index contributed by atoms with van der Waals surface area (Å²) < 4.78 is 0.410. The predicted molar refractivity (Wildman–Crippen MR) is 98.5 cm³/mol. The molecule has 4 heteroatoms. The summed E-state index contributed by atoms with van der Waals surface area (Å²) in [4.78, 5) is 11.2. The fourth-order valence-corrected chi connectivity index (χ4v) is 2.90. The largest absolute Gasteiger partial charge is 0.476 e. The number of carboxylic acid groups (broad SMARTS) is 1. The van der Waals surface area contributed by atoms with E-state index in [2.05, 4.69) is 12.2 Å². The van der Waals surface area contributed by atoms with Crippen LogP contribution in [0.1, 0.15) is 84.0 Å². The molecule has 0 aromatic carbocycles. The van der Waals surface area contributed by atoms with Gasteiger partial charge in [0.05, 0.1) is 21.1 Å². The monoisotopic (exact) mass is 329 g/mol. The smallest absolute Gasteiger partial charge is 0.379 e. The summed E-state index contributed by atoms with van der Waals surface area (Å²) in [6.07, 6.45) is 15.5. The fourth-order valence-electron chi connectivity index (χ4n) is 2.90. The number of aliphatic carboxylic acids is 1. The number of rotatable bonds is 16.